The van der Waals surface area contributed by atoms with E-state index in [0.717, 1.165) is 11.0 Å². The summed E-state index contributed by atoms with van der Waals surface area (Å²) in [4.78, 5) is 25.0. The van der Waals surface area contributed by atoms with E-state index in [1.165, 1.54) is 13.0 Å². The number of hydrogen-bond donors (Lipinski definition) is 1. The number of halogens is 2. The molecule has 22 heavy (non-hydrogen) atoms. The highest BCUT2D eigenvalue weighted by atomic mass is 19.2. The third kappa shape index (κ3) is 3.18. The van der Waals surface area contributed by atoms with Gasteiger partial charge in [0.2, 0.25) is 0 Å². The van der Waals surface area contributed by atoms with E-state index in [2.05, 4.69) is 5.32 Å². The lowest BCUT2D eigenvalue weighted by Crippen LogP contribution is -2.45. The van der Waals surface area contributed by atoms with Crippen LogP contribution in [0.5, 0.6) is 0 Å². The molecular formula is C15H18F2N2O3. The molecule has 0 fully saturated rings. The van der Waals surface area contributed by atoms with Crippen LogP contribution in [0.2, 0.25) is 0 Å². The minimum atomic E-state index is -1.03. The molecule has 2 rings (SSSR count). The first-order chi connectivity index (χ1) is 10.1. The average molecular weight is 312 g/mol. The van der Waals surface area contributed by atoms with E-state index in [1.807, 2.05) is 0 Å². The molecule has 2 amide bonds. The van der Waals surface area contributed by atoms with Crippen molar-refractivity contribution in [3.63, 3.8) is 0 Å². The van der Waals surface area contributed by atoms with Crippen molar-refractivity contribution in [2.24, 2.45) is 0 Å². The van der Waals surface area contributed by atoms with Crippen molar-refractivity contribution in [2.75, 3.05) is 11.9 Å². The molecule has 1 heterocycles. The number of hydrogen-bond acceptors (Lipinski definition) is 3. The summed E-state index contributed by atoms with van der Waals surface area (Å²) >= 11 is 0. The van der Waals surface area contributed by atoms with Gasteiger partial charge in [-0.15, -0.1) is 0 Å². The maximum absolute atomic E-state index is 14.0. The first-order valence-electron chi connectivity index (χ1n) is 6.87. The quantitative estimate of drug-likeness (QED) is 0.853. The molecule has 0 aliphatic carbocycles. The Morgan fingerprint density at radius 2 is 2.00 bits per heavy atom. The number of fused-ring (bicyclic) bond motifs is 1. The second kappa shape index (κ2) is 5.55. The van der Waals surface area contributed by atoms with Crippen LogP contribution in [0.25, 0.3) is 0 Å². The van der Waals surface area contributed by atoms with Gasteiger partial charge in [0.1, 0.15) is 12.1 Å². The topological polar surface area (TPSA) is 58.6 Å². The highest BCUT2D eigenvalue weighted by molar-refractivity contribution is 5.95. The van der Waals surface area contributed by atoms with E-state index in [4.69, 9.17) is 4.74 Å². The van der Waals surface area contributed by atoms with Crippen molar-refractivity contribution in [3.8, 4) is 0 Å². The van der Waals surface area contributed by atoms with E-state index in [9.17, 15) is 18.4 Å². The smallest absolute Gasteiger partial charge is 0.326 e. The zero-order valence-electron chi connectivity index (χ0n) is 12.9. The minimum Gasteiger partial charge on any atom is -0.459 e. The minimum absolute atomic E-state index is 0.0168. The molecule has 1 unspecified atom stereocenters. The number of anilines is 1. The number of benzene rings is 1. The fourth-order valence-electron chi connectivity index (χ4n) is 2.32. The second-order valence-corrected chi connectivity index (χ2v) is 6.14. The van der Waals surface area contributed by atoms with Gasteiger partial charge in [-0.25, -0.2) is 13.6 Å². The predicted octanol–water partition coefficient (Wildman–Crippen LogP) is 3.22. The standard InChI is InChI=1S/C15H18F2N2O3/c1-8-12-10(6-5-9(16)13(12)17)18-14(21)19(8)7-11(20)22-15(2,3)4/h5-6,8H,7H2,1-4H3,(H,18,21). The molecule has 0 bridgehead atoms. The Kier molecular flexibility index (Phi) is 4.08. The van der Waals surface area contributed by atoms with Crippen LogP contribution in [0.1, 0.15) is 39.3 Å². The van der Waals surface area contributed by atoms with Crippen LogP contribution in [0.4, 0.5) is 19.3 Å². The van der Waals surface area contributed by atoms with Gasteiger partial charge in [-0.05, 0) is 39.8 Å². The van der Waals surface area contributed by atoms with Crippen molar-refractivity contribution in [3.05, 3.63) is 29.3 Å². The molecular weight excluding hydrogens is 294 g/mol. The molecule has 5 nitrogen and oxygen atoms in total. The van der Waals surface area contributed by atoms with E-state index in [1.54, 1.807) is 20.8 Å². The number of urea groups is 1. The first kappa shape index (κ1) is 16.2. The molecule has 120 valence electrons. The molecule has 7 heteroatoms. The van der Waals surface area contributed by atoms with Crippen molar-refractivity contribution in [1.29, 1.82) is 0 Å². The summed E-state index contributed by atoms with van der Waals surface area (Å²) in [6.45, 7) is 6.29. The number of carbonyl (C=O) groups is 2. The third-order valence-electron chi connectivity index (χ3n) is 3.24. The van der Waals surface area contributed by atoms with Gasteiger partial charge in [0, 0.05) is 5.56 Å². The van der Waals surface area contributed by atoms with Crippen molar-refractivity contribution >= 4 is 17.7 Å². The van der Waals surface area contributed by atoms with Crippen LogP contribution < -0.4 is 5.32 Å². The lowest BCUT2D eigenvalue weighted by atomic mass is 10.0. The van der Waals surface area contributed by atoms with E-state index >= 15 is 0 Å². The van der Waals surface area contributed by atoms with Crippen LogP contribution in [0.3, 0.4) is 0 Å². The Hall–Kier alpha value is -2.18. The Morgan fingerprint density at radius 3 is 2.59 bits per heavy atom. The number of ether oxygens (including phenoxy) is 1. The van der Waals surface area contributed by atoms with Gasteiger partial charge in [-0.2, -0.15) is 0 Å². The maximum atomic E-state index is 14.0. The monoisotopic (exact) mass is 312 g/mol. The van der Waals surface area contributed by atoms with Gasteiger partial charge < -0.3 is 15.0 Å². The van der Waals surface area contributed by atoms with Gasteiger partial charge in [-0.1, -0.05) is 0 Å². The van der Waals surface area contributed by atoms with Gasteiger partial charge in [0.25, 0.3) is 0 Å². The molecule has 1 atom stereocenters. The van der Waals surface area contributed by atoms with Crippen molar-refractivity contribution in [2.45, 2.75) is 39.3 Å². The molecule has 0 saturated carbocycles. The zero-order chi connectivity index (χ0) is 16.7. The third-order valence-corrected chi connectivity index (χ3v) is 3.24. The van der Waals surface area contributed by atoms with Crippen LogP contribution in [0, 0.1) is 11.6 Å². The largest absolute Gasteiger partial charge is 0.459 e. The van der Waals surface area contributed by atoms with Crippen LogP contribution in [-0.4, -0.2) is 29.0 Å². The molecule has 1 aromatic rings. The van der Waals surface area contributed by atoms with E-state index in [-0.39, 0.29) is 17.8 Å². The Balaban J connectivity index is 2.26. The Morgan fingerprint density at radius 1 is 1.36 bits per heavy atom. The molecule has 1 aliphatic heterocycles. The van der Waals surface area contributed by atoms with Gasteiger partial charge in [-0.3, -0.25) is 4.79 Å². The number of rotatable bonds is 2. The number of nitrogens with one attached hydrogen (secondary N) is 1. The number of carbonyl (C=O) groups excluding carboxylic acids is 2. The zero-order valence-corrected chi connectivity index (χ0v) is 12.9. The number of nitrogens with zero attached hydrogens (tertiary/aromatic N) is 1. The lowest BCUT2D eigenvalue weighted by molar-refractivity contribution is -0.155. The molecule has 1 N–H and O–H groups in total. The summed E-state index contributed by atoms with van der Waals surface area (Å²) in [6.07, 6.45) is 0. The van der Waals surface area contributed by atoms with Gasteiger partial charge in [0.15, 0.2) is 11.6 Å². The van der Waals surface area contributed by atoms with Crippen LogP contribution in [0.15, 0.2) is 12.1 Å². The molecule has 1 aromatic carbocycles. The summed E-state index contributed by atoms with van der Waals surface area (Å²) in [7, 11) is 0. The Bertz CT molecular complexity index is 626. The number of amides is 2. The van der Waals surface area contributed by atoms with Crippen molar-refractivity contribution < 1.29 is 23.1 Å². The normalized spacial score (nSPS) is 17.8. The summed E-state index contributed by atoms with van der Waals surface area (Å²) in [5.74, 6) is -2.65. The summed E-state index contributed by atoms with van der Waals surface area (Å²) in [5, 5.41) is 2.45. The van der Waals surface area contributed by atoms with E-state index < -0.39 is 35.3 Å². The molecule has 0 spiro atoms. The van der Waals surface area contributed by atoms with Gasteiger partial charge in [0.05, 0.1) is 11.7 Å². The fraction of sp³-hybridized carbons (Fsp3) is 0.467. The van der Waals surface area contributed by atoms with E-state index in [0.29, 0.717) is 0 Å². The molecule has 0 aromatic heterocycles. The van der Waals surface area contributed by atoms with Crippen LogP contribution in [-0.2, 0) is 9.53 Å². The predicted molar refractivity (Wildman–Crippen MR) is 76.3 cm³/mol. The molecule has 1 aliphatic rings. The summed E-state index contributed by atoms with van der Waals surface area (Å²) < 4.78 is 32.5. The van der Waals surface area contributed by atoms with Gasteiger partial charge >= 0.3 is 12.0 Å². The van der Waals surface area contributed by atoms with Crippen molar-refractivity contribution in [1.82, 2.24) is 4.90 Å². The molecule has 0 saturated heterocycles. The summed E-state index contributed by atoms with van der Waals surface area (Å²) in [6, 6.07) is 0.904. The SMILES string of the molecule is CC1c2c(ccc(F)c2F)NC(=O)N1CC(=O)OC(C)(C)C. The molecule has 0 radical (unpaired) electrons. The number of esters is 1. The highest BCUT2D eigenvalue weighted by Gasteiger charge is 2.34. The Labute approximate surface area is 127 Å². The first-order valence-corrected chi connectivity index (χ1v) is 6.87. The highest BCUT2D eigenvalue weighted by Crippen LogP contribution is 2.35. The fourth-order valence-corrected chi connectivity index (χ4v) is 2.32. The average Bonchev–Trinajstić information content (AvgIpc) is 2.36. The summed E-state index contributed by atoms with van der Waals surface area (Å²) in [5.41, 5.74) is -0.470. The second-order valence-electron chi connectivity index (χ2n) is 6.14. The maximum Gasteiger partial charge on any atom is 0.326 e. The van der Waals surface area contributed by atoms with Crippen LogP contribution >= 0.6 is 0 Å². The lowest BCUT2D eigenvalue weighted by Gasteiger charge is -2.35.